The topological polar surface area (TPSA) is 63.8 Å². The lowest BCUT2D eigenvalue weighted by molar-refractivity contribution is 0.295. The summed E-state index contributed by atoms with van der Waals surface area (Å²) < 4.78 is 5.40. The molecule has 2 heterocycles. The van der Waals surface area contributed by atoms with Gasteiger partial charge in [0.05, 0.1) is 5.54 Å². The van der Waals surface area contributed by atoms with E-state index >= 15 is 0 Å². The van der Waals surface area contributed by atoms with Crippen molar-refractivity contribution >= 4 is 23.2 Å². The summed E-state index contributed by atoms with van der Waals surface area (Å²) in [6.07, 6.45) is 4.29. The van der Waals surface area contributed by atoms with Gasteiger partial charge in [-0.15, -0.1) is 0 Å². The molecule has 1 aliphatic rings. The third kappa shape index (κ3) is 3.67. The lowest BCUT2D eigenvalue weighted by atomic mass is 9.96. The first kappa shape index (κ1) is 16.7. The van der Waals surface area contributed by atoms with Crippen molar-refractivity contribution in [1.82, 2.24) is 20.4 Å². The van der Waals surface area contributed by atoms with Crippen molar-refractivity contribution < 1.29 is 4.52 Å². The van der Waals surface area contributed by atoms with Gasteiger partial charge in [0.1, 0.15) is 10.3 Å². The van der Waals surface area contributed by atoms with Gasteiger partial charge in [0.2, 0.25) is 5.89 Å². The van der Waals surface area contributed by atoms with E-state index in [9.17, 15) is 0 Å². The van der Waals surface area contributed by atoms with Crippen LogP contribution in [0.1, 0.15) is 62.7 Å². The zero-order chi connectivity index (χ0) is 16.4. The SMILES string of the molecule is CC(C)c1nc(C2(NCc3cc(Cl)nc(Cl)c3)CCCC2)no1. The van der Waals surface area contributed by atoms with Gasteiger partial charge >= 0.3 is 0 Å². The van der Waals surface area contributed by atoms with E-state index in [2.05, 4.69) is 20.4 Å². The number of pyridine rings is 1. The van der Waals surface area contributed by atoms with Crippen LogP contribution in [0.25, 0.3) is 0 Å². The molecule has 0 amide bonds. The van der Waals surface area contributed by atoms with Crippen LogP contribution in [0.5, 0.6) is 0 Å². The second kappa shape index (κ2) is 6.75. The van der Waals surface area contributed by atoms with Crippen molar-refractivity contribution in [3.8, 4) is 0 Å². The molecular formula is C16H20Cl2N4O. The Labute approximate surface area is 145 Å². The summed E-state index contributed by atoms with van der Waals surface area (Å²) in [4.78, 5) is 8.58. The number of rotatable bonds is 5. The predicted molar refractivity (Wildman–Crippen MR) is 89.6 cm³/mol. The van der Waals surface area contributed by atoms with E-state index in [1.807, 2.05) is 26.0 Å². The lowest BCUT2D eigenvalue weighted by Gasteiger charge is -2.27. The monoisotopic (exact) mass is 354 g/mol. The first-order chi connectivity index (χ1) is 11.0. The summed E-state index contributed by atoms with van der Waals surface area (Å²) >= 11 is 11.9. The van der Waals surface area contributed by atoms with Crippen molar-refractivity contribution in [3.63, 3.8) is 0 Å². The van der Waals surface area contributed by atoms with E-state index in [0.717, 1.165) is 37.1 Å². The van der Waals surface area contributed by atoms with Crippen LogP contribution in [0.15, 0.2) is 16.7 Å². The summed E-state index contributed by atoms with van der Waals surface area (Å²) in [5, 5.41) is 8.63. The number of hydrogen-bond acceptors (Lipinski definition) is 5. The molecule has 2 aromatic rings. The van der Waals surface area contributed by atoms with Gasteiger partial charge in [-0.2, -0.15) is 4.98 Å². The molecule has 0 bridgehead atoms. The second-order valence-electron chi connectivity index (χ2n) is 6.37. The molecule has 124 valence electrons. The van der Waals surface area contributed by atoms with Crippen molar-refractivity contribution in [2.45, 2.75) is 57.5 Å². The van der Waals surface area contributed by atoms with Crippen molar-refractivity contribution in [2.75, 3.05) is 0 Å². The summed E-state index contributed by atoms with van der Waals surface area (Å²) in [5.41, 5.74) is 0.757. The fourth-order valence-electron chi connectivity index (χ4n) is 3.01. The third-order valence-electron chi connectivity index (χ3n) is 4.27. The molecule has 0 spiro atoms. The highest BCUT2D eigenvalue weighted by Gasteiger charge is 2.39. The normalized spacial score (nSPS) is 17.1. The van der Waals surface area contributed by atoms with Crippen molar-refractivity contribution in [3.05, 3.63) is 39.7 Å². The quantitative estimate of drug-likeness (QED) is 0.803. The minimum Gasteiger partial charge on any atom is -0.339 e. The van der Waals surface area contributed by atoms with Crippen LogP contribution in [0.4, 0.5) is 0 Å². The number of nitrogens with zero attached hydrogens (tertiary/aromatic N) is 3. The van der Waals surface area contributed by atoms with Crippen LogP contribution in [0, 0.1) is 0 Å². The average molecular weight is 355 g/mol. The molecule has 5 nitrogen and oxygen atoms in total. The van der Waals surface area contributed by atoms with Gasteiger partial charge in [-0.05, 0) is 30.5 Å². The predicted octanol–water partition coefficient (Wildman–Crippen LogP) is 4.45. The van der Waals surface area contributed by atoms with Gasteiger partial charge in [0.15, 0.2) is 5.82 Å². The average Bonchev–Trinajstić information content (AvgIpc) is 3.14. The minimum absolute atomic E-state index is 0.229. The summed E-state index contributed by atoms with van der Waals surface area (Å²) in [6.45, 7) is 4.73. The lowest BCUT2D eigenvalue weighted by Crippen LogP contribution is -2.40. The van der Waals surface area contributed by atoms with Gasteiger partial charge in [-0.3, -0.25) is 0 Å². The van der Waals surface area contributed by atoms with Gasteiger partial charge in [0, 0.05) is 12.5 Å². The van der Waals surface area contributed by atoms with E-state index in [1.165, 1.54) is 0 Å². The molecule has 1 aliphatic carbocycles. The number of halogens is 2. The van der Waals surface area contributed by atoms with Gasteiger partial charge in [-0.1, -0.05) is 55.0 Å². The first-order valence-corrected chi connectivity index (χ1v) is 8.65. The molecule has 3 rings (SSSR count). The fourth-order valence-corrected chi connectivity index (χ4v) is 3.52. The Balaban J connectivity index is 1.80. The molecule has 2 aromatic heterocycles. The largest absolute Gasteiger partial charge is 0.339 e. The molecule has 0 aliphatic heterocycles. The maximum absolute atomic E-state index is 5.97. The first-order valence-electron chi connectivity index (χ1n) is 7.89. The second-order valence-corrected chi connectivity index (χ2v) is 7.15. The Morgan fingerprint density at radius 1 is 1.17 bits per heavy atom. The molecule has 1 saturated carbocycles. The summed E-state index contributed by atoms with van der Waals surface area (Å²) in [6, 6.07) is 3.64. The van der Waals surface area contributed by atoms with Crippen LogP contribution >= 0.6 is 23.2 Å². The van der Waals surface area contributed by atoms with Crippen LogP contribution in [0.2, 0.25) is 10.3 Å². The zero-order valence-electron chi connectivity index (χ0n) is 13.3. The van der Waals surface area contributed by atoms with E-state index in [4.69, 9.17) is 27.7 Å². The fraction of sp³-hybridized carbons (Fsp3) is 0.562. The molecule has 1 fully saturated rings. The molecule has 0 atom stereocenters. The Morgan fingerprint density at radius 2 is 1.83 bits per heavy atom. The summed E-state index contributed by atoms with van der Waals surface area (Å²) in [7, 11) is 0. The Bertz CT molecular complexity index is 660. The maximum atomic E-state index is 5.97. The van der Waals surface area contributed by atoms with Crippen molar-refractivity contribution in [1.29, 1.82) is 0 Å². The van der Waals surface area contributed by atoms with Crippen LogP contribution < -0.4 is 5.32 Å². The van der Waals surface area contributed by atoms with E-state index in [-0.39, 0.29) is 11.5 Å². The number of nitrogens with one attached hydrogen (secondary N) is 1. The molecule has 0 unspecified atom stereocenters. The smallest absolute Gasteiger partial charge is 0.229 e. The Hall–Kier alpha value is -1.17. The zero-order valence-corrected chi connectivity index (χ0v) is 14.8. The number of hydrogen-bond donors (Lipinski definition) is 1. The maximum Gasteiger partial charge on any atom is 0.229 e. The highest BCUT2D eigenvalue weighted by Crippen LogP contribution is 2.38. The Morgan fingerprint density at radius 3 is 2.39 bits per heavy atom. The van der Waals surface area contributed by atoms with Gasteiger partial charge in [0.25, 0.3) is 0 Å². The highest BCUT2D eigenvalue weighted by atomic mass is 35.5. The van der Waals surface area contributed by atoms with E-state index in [0.29, 0.717) is 22.7 Å². The molecule has 7 heteroatoms. The minimum atomic E-state index is -0.237. The van der Waals surface area contributed by atoms with Gasteiger partial charge < -0.3 is 9.84 Å². The molecule has 23 heavy (non-hydrogen) atoms. The molecule has 0 saturated heterocycles. The van der Waals surface area contributed by atoms with Crippen LogP contribution in [0.3, 0.4) is 0 Å². The highest BCUT2D eigenvalue weighted by molar-refractivity contribution is 6.32. The number of aromatic nitrogens is 3. The third-order valence-corrected chi connectivity index (χ3v) is 4.66. The van der Waals surface area contributed by atoms with Crippen molar-refractivity contribution in [2.24, 2.45) is 0 Å². The van der Waals surface area contributed by atoms with Crippen LogP contribution in [-0.2, 0) is 12.1 Å². The van der Waals surface area contributed by atoms with Crippen LogP contribution in [-0.4, -0.2) is 15.1 Å². The van der Waals surface area contributed by atoms with E-state index < -0.39 is 0 Å². The van der Waals surface area contributed by atoms with Gasteiger partial charge in [-0.25, -0.2) is 4.98 Å². The van der Waals surface area contributed by atoms with E-state index in [1.54, 1.807) is 0 Å². The standard InChI is InChI=1S/C16H20Cl2N4O/c1-10(2)14-21-15(22-23-14)16(5-3-4-6-16)19-9-11-7-12(17)20-13(18)8-11/h7-8,10,19H,3-6,9H2,1-2H3. The summed E-state index contributed by atoms with van der Waals surface area (Å²) in [5.74, 6) is 1.67. The molecular weight excluding hydrogens is 335 g/mol. The molecule has 0 aromatic carbocycles. The molecule has 1 N–H and O–H groups in total. The Kier molecular flexibility index (Phi) is 4.90. The molecule has 0 radical (unpaired) electrons.